The van der Waals surface area contributed by atoms with E-state index in [2.05, 4.69) is 28.4 Å². The first-order valence-electron chi connectivity index (χ1n) is 8.55. The molecule has 1 fully saturated rings. The summed E-state index contributed by atoms with van der Waals surface area (Å²) < 4.78 is 0. The van der Waals surface area contributed by atoms with Gasteiger partial charge in [0.15, 0.2) is 0 Å². The number of hydrogen-bond acceptors (Lipinski definition) is 3. The second kappa shape index (κ2) is 9.59. The Morgan fingerprint density at radius 2 is 1.77 bits per heavy atom. The first-order valence-corrected chi connectivity index (χ1v) is 8.55. The van der Waals surface area contributed by atoms with Crippen LogP contribution in [0.3, 0.4) is 0 Å². The highest BCUT2D eigenvalue weighted by atomic mass is 16.1. The normalized spacial score (nSPS) is 16.2. The molecule has 1 heterocycles. The van der Waals surface area contributed by atoms with E-state index in [1.165, 1.54) is 49.9 Å². The van der Waals surface area contributed by atoms with E-state index in [0.717, 1.165) is 13.0 Å². The molecule has 1 aromatic carbocycles. The Morgan fingerprint density at radius 3 is 2.45 bits per heavy atom. The van der Waals surface area contributed by atoms with Gasteiger partial charge < -0.3 is 11.1 Å². The highest BCUT2D eigenvalue weighted by Gasteiger charge is 2.12. The molecule has 1 saturated heterocycles. The van der Waals surface area contributed by atoms with Crippen molar-refractivity contribution in [3.63, 3.8) is 0 Å². The molecule has 22 heavy (non-hydrogen) atoms. The average Bonchev–Trinajstić information content (AvgIpc) is 2.81. The average molecular weight is 303 g/mol. The fourth-order valence-electron chi connectivity index (χ4n) is 2.96. The third-order valence-electron chi connectivity index (χ3n) is 4.29. The van der Waals surface area contributed by atoms with Crippen molar-refractivity contribution in [3.8, 4) is 0 Å². The number of rotatable bonds is 7. The van der Waals surface area contributed by atoms with Crippen molar-refractivity contribution in [3.05, 3.63) is 35.4 Å². The molecule has 0 aromatic heterocycles. The van der Waals surface area contributed by atoms with Crippen molar-refractivity contribution in [1.29, 1.82) is 0 Å². The zero-order valence-corrected chi connectivity index (χ0v) is 13.5. The summed E-state index contributed by atoms with van der Waals surface area (Å²) in [7, 11) is 0. The molecule has 1 aliphatic rings. The van der Waals surface area contributed by atoms with Gasteiger partial charge in [-0.15, -0.1) is 0 Å². The second-order valence-electron chi connectivity index (χ2n) is 6.13. The van der Waals surface area contributed by atoms with Gasteiger partial charge in [0, 0.05) is 19.5 Å². The molecule has 3 N–H and O–H groups in total. The molecule has 0 unspecified atom stereocenters. The molecule has 0 saturated carbocycles. The molecular weight excluding hydrogens is 274 g/mol. The molecule has 1 aliphatic heterocycles. The first-order chi connectivity index (χ1) is 10.8. The monoisotopic (exact) mass is 303 g/mol. The largest absolute Gasteiger partial charge is 0.352 e. The summed E-state index contributed by atoms with van der Waals surface area (Å²) >= 11 is 0. The van der Waals surface area contributed by atoms with Crippen LogP contribution in [-0.4, -0.2) is 30.4 Å². The number of nitrogens with zero attached hydrogens (tertiary/aromatic N) is 1. The van der Waals surface area contributed by atoms with Gasteiger partial charge in [-0.1, -0.05) is 37.1 Å². The first kappa shape index (κ1) is 17.0. The van der Waals surface area contributed by atoms with Crippen LogP contribution >= 0.6 is 0 Å². The topological polar surface area (TPSA) is 58.4 Å². The highest BCUT2D eigenvalue weighted by molar-refractivity contribution is 5.75. The molecule has 0 radical (unpaired) electrons. The fourth-order valence-corrected chi connectivity index (χ4v) is 2.96. The van der Waals surface area contributed by atoms with Gasteiger partial charge in [-0.2, -0.15) is 0 Å². The minimum atomic E-state index is 0.0926. The molecule has 0 atom stereocenters. The number of likely N-dealkylation sites (tertiary alicyclic amines) is 1. The summed E-state index contributed by atoms with van der Waals surface area (Å²) in [4.78, 5) is 14.3. The lowest BCUT2D eigenvalue weighted by atomic mass is 10.1. The Morgan fingerprint density at radius 1 is 1.09 bits per heavy atom. The van der Waals surface area contributed by atoms with E-state index in [1.54, 1.807) is 0 Å². The van der Waals surface area contributed by atoms with Crippen LogP contribution in [0.2, 0.25) is 0 Å². The van der Waals surface area contributed by atoms with Crippen LogP contribution in [-0.2, 0) is 17.9 Å². The summed E-state index contributed by atoms with van der Waals surface area (Å²) in [5, 5.41) is 3.01. The van der Waals surface area contributed by atoms with Crippen molar-refractivity contribution in [1.82, 2.24) is 10.2 Å². The molecule has 4 heteroatoms. The van der Waals surface area contributed by atoms with Gasteiger partial charge in [-0.3, -0.25) is 9.69 Å². The predicted octanol–water partition coefficient (Wildman–Crippen LogP) is 2.42. The highest BCUT2D eigenvalue weighted by Crippen LogP contribution is 2.16. The Kier molecular flexibility index (Phi) is 7.40. The zero-order chi connectivity index (χ0) is 15.6. The van der Waals surface area contributed by atoms with Crippen LogP contribution in [0.1, 0.15) is 49.7 Å². The Balaban J connectivity index is 1.89. The molecule has 0 spiro atoms. The summed E-state index contributed by atoms with van der Waals surface area (Å²) in [5.74, 6) is 0.0926. The second-order valence-corrected chi connectivity index (χ2v) is 6.13. The van der Waals surface area contributed by atoms with Crippen molar-refractivity contribution >= 4 is 5.91 Å². The number of hydrogen-bond donors (Lipinski definition) is 2. The van der Waals surface area contributed by atoms with Crippen LogP contribution in [0.5, 0.6) is 0 Å². The zero-order valence-electron chi connectivity index (χ0n) is 13.5. The van der Waals surface area contributed by atoms with Gasteiger partial charge in [0.05, 0.1) is 0 Å². The maximum Gasteiger partial charge on any atom is 0.220 e. The number of carbonyl (C=O) groups excluding carboxylic acids is 1. The molecule has 0 bridgehead atoms. The maximum atomic E-state index is 11.7. The maximum absolute atomic E-state index is 11.7. The van der Waals surface area contributed by atoms with Crippen molar-refractivity contribution in [2.45, 2.75) is 51.6 Å². The smallest absolute Gasteiger partial charge is 0.220 e. The third kappa shape index (κ3) is 5.78. The summed E-state index contributed by atoms with van der Waals surface area (Å²) in [6, 6.07) is 8.45. The van der Waals surface area contributed by atoms with E-state index in [4.69, 9.17) is 5.73 Å². The Hall–Kier alpha value is -1.39. The van der Waals surface area contributed by atoms with E-state index in [1.807, 2.05) is 6.07 Å². The van der Waals surface area contributed by atoms with Crippen molar-refractivity contribution < 1.29 is 4.79 Å². The summed E-state index contributed by atoms with van der Waals surface area (Å²) in [6.07, 6.45) is 6.59. The third-order valence-corrected chi connectivity index (χ3v) is 4.29. The van der Waals surface area contributed by atoms with Crippen LogP contribution in [0.25, 0.3) is 0 Å². The number of amides is 1. The molecule has 122 valence electrons. The molecule has 1 aromatic rings. The van der Waals surface area contributed by atoms with E-state index < -0.39 is 0 Å². The quantitative estimate of drug-likeness (QED) is 0.813. The molecule has 4 nitrogen and oxygen atoms in total. The number of carbonyl (C=O) groups is 1. The lowest BCUT2D eigenvalue weighted by Gasteiger charge is -2.21. The van der Waals surface area contributed by atoms with Crippen LogP contribution < -0.4 is 11.1 Å². The van der Waals surface area contributed by atoms with Gasteiger partial charge in [-0.25, -0.2) is 0 Å². The number of nitrogens with one attached hydrogen (secondary N) is 1. The van der Waals surface area contributed by atoms with E-state index >= 15 is 0 Å². The van der Waals surface area contributed by atoms with Gasteiger partial charge in [0.1, 0.15) is 0 Å². The lowest BCUT2D eigenvalue weighted by Crippen LogP contribution is -2.27. The standard InChI is InChI=1S/C18H29N3O/c19-11-7-10-18(22)20-14-16-8-3-4-9-17(16)15-21-12-5-1-2-6-13-21/h3-4,8-9H,1-2,5-7,10-15,19H2,(H,20,22). The Labute approximate surface area is 134 Å². The predicted molar refractivity (Wildman–Crippen MR) is 90.3 cm³/mol. The summed E-state index contributed by atoms with van der Waals surface area (Å²) in [6.45, 7) is 4.57. The van der Waals surface area contributed by atoms with Gasteiger partial charge >= 0.3 is 0 Å². The minimum Gasteiger partial charge on any atom is -0.352 e. The van der Waals surface area contributed by atoms with E-state index in [-0.39, 0.29) is 5.91 Å². The minimum absolute atomic E-state index is 0.0926. The molecule has 2 rings (SSSR count). The van der Waals surface area contributed by atoms with Crippen LogP contribution in [0.4, 0.5) is 0 Å². The van der Waals surface area contributed by atoms with Crippen molar-refractivity contribution in [2.75, 3.05) is 19.6 Å². The number of nitrogens with two attached hydrogens (primary N) is 1. The van der Waals surface area contributed by atoms with Crippen LogP contribution in [0, 0.1) is 0 Å². The Bertz CT molecular complexity index is 453. The molecular formula is C18H29N3O. The number of benzene rings is 1. The fraction of sp³-hybridized carbons (Fsp3) is 0.611. The molecule has 0 aliphatic carbocycles. The van der Waals surface area contributed by atoms with Crippen molar-refractivity contribution in [2.24, 2.45) is 5.73 Å². The van der Waals surface area contributed by atoms with Crippen LogP contribution in [0.15, 0.2) is 24.3 Å². The van der Waals surface area contributed by atoms with Gasteiger partial charge in [0.2, 0.25) is 5.91 Å². The summed E-state index contributed by atoms with van der Waals surface area (Å²) in [5.41, 5.74) is 8.01. The SMILES string of the molecule is NCCCC(=O)NCc1ccccc1CN1CCCCCC1. The van der Waals surface area contributed by atoms with Gasteiger partial charge in [-0.05, 0) is 50.0 Å². The molecule has 1 amide bonds. The lowest BCUT2D eigenvalue weighted by molar-refractivity contribution is -0.121. The van der Waals surface area contributed by atoms with E-state index in [9.17, 15) is 4.79 Å². The van der Waals surface area contributed by atoms with E-state index in [0.29, 0.717) is 19.5 Å². The van der Waals surface area contributed by atoms with Gasteiger partial charge in [0.25, 0.3) is 0 Å².